The molecule has 6 nitrogen and oxygen atoms in total. The van der Waals surface area contributed by atoms with E-state index >= 15 is 0 Å². The summed E-state index contributed by atoms with van der Waals surface area (Å²) in [5.74, 6) is -0.172. The third kappa shape index (κ3) is 3.52. The molecule has 118 valence electrons. The largest absolute Gasteiger partial charge is 0.379 e. The smallest absolute Gasteiger partial charge is 0.281 e. The molecule has 2 aliphatic heterocycles. The average molecular weight is 343 g/mol. The summed E-state index contributed by atoms with van der Waals surface area (Å²) >= 11 is 12.1. The summed E-state index contributed by atoms with van der Waals surface area (Å²) in [6, 6.07) is 5.22. The molecule has 2 aliphatic rings. The summed E-state index contributed by atoms with van der Waals surface area (Å²) in [5.41, 5.74) is 4.11. The maximum Gasteiger partial charge on any atom is 0.281 e. The Balaban J connectivity index is 1.66. The second-order valence-electron chi connectivity index (χ2n) is 5.06. The zero-order valence-corrected chi connectivity index (χ0v) is 13.4. The number of rotatable bonds is 3. The quantitative estimate of drug-likeness (QED) is 0.911. The summed E-state index contributed by atoms with van der Waals surface area (Å²) in [4.78, 5) is 12.2. The van der Waals surface area contributed by atoms with Crippen molar-refractivity contribution in [2.75, 3.05) is 37.9 Å². The van der Waals surface area contributed by atoms with Gasteiger partial charge in [-0.15, -0.1) is 0 Å². The molecule has 0 unspecified atom stereocenters. The first-order valence-electron chi connectivity index (χ1n) is 7.07. The number of amides is 1. The van der Waals surface area contributed by atoms with Crippen molar-refractivity contribution in [2.24, 2.45) is 5.10 Å². The summed E-state index contributed by atoms with van der Waals surface area (Å²) in [6.07, 6.45) is 0.579. The molecule has 0 aliphatic carbocycles. The molecular formula is C14H16Cl2N4O2. The molecule has 2 heterocycles. The number of anilines is 1. The summed E-state index contributed by atoms with van der Waals surface area (Å²) in [5, 5.41) is 9.04. The van der Waals surface area contributed by atoms with Gasteiger partial charge in [0, 0.05) is 31.1 Å². The zero-order valence-electron chi connectivity index (χ0n) is 11.9. The Morgan fingerprint density at radius 2 is 2.00 bits per heavy atom. The highest BCUT2D eigenvalue weighted by Crippen LogP contribution is 2.30. The molecule has 0 aromatic heterocycles. The number of benzene rings is 1. The van der Waals surface area contributed by atoms with Crippen molar-refractivity contribution in [1.82, 2.24) is 10.4 Å². The van der Waals surface area contributed by atoms with E-state index in [2.05, 4.69) is 10.5 Å². The van der Waals surface area contributed by atoms with E-state index in [4.69, 9.17) is 27.9 Å². The maximum atomic E-state index is 12.2. The van der Waals surface area contributed by atoms with Crippen LogP contribution in [0.3, 0.4) is 0 Å². The highest BCUT2D eigenvalue weighted by atomic mass is 35.5. The Hall–Kier alpha value is -1.34. The van der Waals surface area contributed by atoms with Crippen LogP contribution in [-0.2, 0) is 9.53 Å². The van der Waals surface area contributed by atoms with Crippen molar-refractivity contribution in [3.63, 3.8) is 0 Å². The van der Waals surface area contributed by atoms with Crippen LogP contribution < -0.4 is 10.4 Å². The number of morpholine rings is 1. The molecule has 1 fully saturated rings. The number of halogens is 2. The summed E-state index contributed by atoms with van der Waals surface area (Å²) in [6.45, 7) is 3.24. The lowest BCUT2D eigenvalue weighted by Gasteiger charge is -2.26. The predicted molar refractivity (Wildman–Crippen MR) is 86.4 cm³/mol. The monoisotopic (exact) mass is 342 g/mol. The third-order valence-corrected chi connectivity index (χ3v) is 4.06. The van der Waals surface area contributed by atoms with Gasteiger partial charge in [-0.1, -0.05) is 23.2 Å². The van der Waals surface area contributed by atoms with Crippen LogP contribution in [0.5, 0.6) is 0 Å². The van der Waals surface area contributed by atoms with E-state index in [1.807, 2.05) is 5.01 Å². The van der Waals surface area contributed by atoms with E-state index < -0.39 is 0 Å². The van der Waals surface area contributed by atoms with E-state index in [1.165, 1.54) is 0 Å². The van der Waals surface area contributed by atoms with Crippen LogP contribution in [0, 0.1) is 0 Å². The predicted octanol–water partition coefficient (Wildman–Crippen LogP) is 1.92. The van der Waals surface area contributed by atoms with Gasteiger partial charge in [-0.25, -0.2) is 5.01 Å². The van der Waals surface area contributed by atoms with Crippen molar-refractivity contribution in [2.45, 2.75) is 6.42 Å². The van der Waals surface area contributed by atoms with Gasteiger partial charge in [-0.05, 0) is 18.2 Å². The average Bonchev–Trinajstić information content (AvgIpc) is 2.98. The van der Waals surface area contributed by atoms with Crippen LogP contribution in [0.4, 0.5) is 5.69 Å². The minimum Gasteiger partial charge on any atom is -0.379 e. The van der Waals surface area contributed by atoms with Crippen molar-refractivity contribution < 1.29 is 9.53 Å². The molecule has 22 heavy (non-hydrogen) atoms. The number of hydrazine groups is 1. The van der Waals surface area contributed by atoms with E-state index in [9.17, 15) is 4.79 Å². The first-order chi connectivity index (χ1) is 10.6. The Labute approximate surface area is 138 Å². The minimum absolute atomic E-state index is 0.172. The van der Waals surface area contributed by atoms with Gasteiger partial charge >= 0.3 is 0 Å². The topological polar surface area (TPSA) is 57.2 Å². The van der Waals surface area contributed by atoms with E-state index in [0.717, 1.165) is 5.69 Å². The van der Waals surface area contributed by atoms with E-state index in [1.54, 1.807) is 23.2 Å². The Bertz CT molecular complexity index is 603. The number of hydrogen-bond donors (Lipinski definition) is 1. The molecule has 1 saturated heterocycles. The van der Waals surface area contributed by atoms with Gasteiger partial charge in [0.1, 0.15) is 5.71 Å². The Morgan fingerprint density at radius 3 is 2.73 bits per heavy atom. The lowest BCUT2D eigenvalue weighted by atomic mass is 10.2. The van der Waals surface area contributed by atoms with Crippen LogP contribution in [-0.4, -0.2) is 49.5 Å². The third-order valence-electron chi connectivity index (χ3n) is 3.52. The fourth-order valence-electron chi connectivity index (χ4n) is 2.36. The lowest BCUT2D eigenvalue weighted by Crippen LogP contribution is -2.50. The fraction of sp³-hybridized carbons (Fsp3) is 0.429. The fourth-order valence-corrected chi connectivity index (χ4v) is 2.87. The van der Waals surface area contributed by atoms with Gasteiger partial charge in [0.2, 0.25) is 0 Å². The molecule has 0 saturated carbocycles. The van der Waals surface area contributed by atoms with Gasteiger partial charge < -0.3 is 4.74 Å². The maximum absolute atomic E-state index is 12.2. The summed E-state index contributed by atoms with van der Waals surface area (Å²) in [7, 11) is 0. The number of ether oxygens (including phenoxy) is 1. The van der Waals surface area contributed by atoms with Crippen molar-refractivity contribution in [1.29, 1.82) is 0 Å². The molecule has 3 rings (SSSR count). The highest BCUT2D eigenvalue weighted by molar-refractivity contribution is 6.40. The number of carbonyl (C=O) groups is 1. The van der Waals surface area contributed by atoms with Gasteiger partial charge in [0.15, 0.2) is 0 Å². The number of carbonyl (C=O) groups excluding carboxylic acids is 1. The molecule has 8 heteroatoms. The van der Waals surface area contributed by atoms with Crippen molar-refractivity contribution in [3.8, 4) is 0 Å². The van der Waals surface area contributed by atoms with Crippen LogP contribution in [0.2, 0.25) is 10.0 Å². The van der Waals surface area contributed by atoms with E-state index in [0.29, 0.717) is 55.0 Å². The number of hydrogen-bond acceptors (Lipinski definition) is 5. The van der Waals surface area contributed by atoms with Crippen molar-refractivity contribution >= 4 is 40.5 Å². The molecule has 1 N–H and O–H groups in total. The van der Waals surface area contributed by atoms with Gasteiger partial charge in [0.25, 0.3) is 5.91 Å². The standard InChI is InChI=1S/C14H16Cl2N4O2/c15-10-1-2-13(11(16)9-10)20-4-3-12(17-20)14(21)18-19-5-7-22-8-6-19/h1-2,9H,3-8H2,(H,18,21). The number of nitrogens with zero attached hydrogens (tertiary/aromatic N) is 3. The second-order valence-corrected chi connectivity index (χ2v) is 5.90. The highest BCUT2D eigenvalue weighted by Gasteiger charge is 2.24. The van der Waals surface area contributed by atoms with Crippen LogP contribution in [0.1, 0.15) is 6.42 Å². The SMILES string of the molecule is O=C(NN1CCOCC1)C1=NN(c2ccc(Cl)cc2Cl)CC1. The van der Waals surface area contributed by atoms with Crippen LogP contribution >= 0.6 is 23.2 Å². The minimum atomic E-state index is -0.172. The first-order valence-corrected chi connectivity index (χ1v) is 7.83. The molecule has 0 bridgehead atoms. The number of nitrogens with one attached hydrogen (secondary N) is 1. The van der Waals surface area contributed by atoms with Crippen LogP contribution in [0.25, 0.3) is 0 Å². The molecule has 0 atom stereocenters. The molecule has 1 amide bonds. The lowest BCUT2D eigenvalue weighted by molar-refractivity contribution is -0.121. The van der Waals surface area contributed by atoms with E-state index in [-0.39, 0.29) is 5.91 Å². The molecular weight excluding hydrogens is 327 g/mol. The second kappa shape index (κ2) is 6.83. The first kappa shape index (κ1) is 15.6. The van der Waals surface area contributed by atoms with Gasteiger partial charge in [-0.2, -0.15) is 5.10 Å². The normalized spacial score (nSPS) is 19.2. The van der Waals surface area contributed by atoms with Gasteiger partial charge in [0.05, 0.1) is 23.9 Å². The Morgan fingerprint density at radius 1 is 1.23 bits per heavy atom. The zero-order chi connectivity index (χ0) is 15.5. The molecule has 1 aromatic rings. The molecule has 0 radical (unpaired) electrons. The Kier molecular flexibility index (Phi) is 4.83. The molecule has 1 aromatic carbocycles. The van der Waals surface area contributed by atoms with Gasteiger partial charge in [-0.3, -0.25) is 15.2 Å². The summed E-state index contributed by atoms with van der Waals surface area (Å²) < 4.78 is 5.25. The number of hydrazone groups is 1. The molecule has 0 spiro atoms. The van der Waals surface area contributed by atoms with Crippen molar-refractivity contribution in [3.05, 3.63) is 28.2 Å². The van der Waals surface area contributed by atoms with Crippen LogP contribution in [0.15, 0.2) is 23.3 Å².